The minimum atomic E-state index is 0. The maximum Gasteiger partial charge on any atom is 0.191 e. The Hall–Kier alpha value is -1.88. The number of nitrogens with zero attached hydrogens (tertiary/aromatic N) is 4. The van der Waals surface area contributed by atoms with Gasteiger partial charge in [-0.1, -0.05) is 18.6 Å². The van der Waals surface area contributed by atoms with Crippen LogP contribution in [0.3, 0.4) is 0 Å². The van der Waals surface area contributed by atoms with Gasteiger partial charge in [0.15, 0.2) is 5.96 Å². The lowest BCUT2D eigenvalue weighted by Gasteiger charge is -2.15. The minimum Gasteiger partial charge on any atom is -0.491 e. The van der Waals surface area contributed by atoms with E-state index in [0.717, 1.165) is 54.9 Å². The summed E-state index contributed by atoms with van der Waals surface area (Å²) in [5.74, 6) is 3.82. The van der Waals surface area contributed by atoms with Crippen LogP contribution in [0.5, 0.6) is 5.75 Å². The molecule has 31 heavy (non-hydrogen) atoms. The number of rotatable bonds is 9. The topological polar surface area (TPSA) is 85.6 Å². The molecule has 0 aliphatic carbocycles. The van der Waals surface area contributed by atoms with E-state index in [1.54, 1.807) is 14.2 Å². The van der Waals surface area contributed by atoms with Gasteiger partial charge < -0.3 is 24.7 Å². The highest BCUT2D eigenvalue weighted by Gasteiger charge is 2.14. The van der Waals surface area contributed by atoms with Crippen LogP contribution in [0.25, 0.3) is 0 Å². The van der Waals surface area contributed by atoms with Crippen molar-refractivity contribution in [2.45, 2.75) is 52.1 Å². The molecule has 0 atom stereocenters. The fourth-order valence-electron chi connectivity index (χ4n) is 3.60. The number of hydrogen-bond acceptors (Lipinski definition) is 5. The van der Waals surface area contributed by atoms with Crippen LogP contribution in [0.1, 0.15) is 42.0 Å². The molecule has 0 unspecified atom stereocenters. The Kier molecular flexibility index (Phi) is 11.1. The number of methoxy groups -OCH3 is 1. The van der Waals surface area contributed by atoms with E-state index in [2.05, 4.69) is 55.5 Å². The first kappa shape index (κ1) is 25.4. The lowest BCUT2D eigenvalue weighted by Crippen LogP contribution is -2.38. The number of aryl methyl sites for hydroxylation is 2. The summed E-state index contributed by atoms with van der Waals surface area (Å²) in [5.41, 5.74) is 2.25. The minimum absolute atomic E-state index is 0. The largest absolute Gasteiger partial charge is 0.491 e. The summed E-state index contributed by atoms with van der Waals surface area (Å²) < 4.78 is 13.3. The van der Waals surface area contributed by atoms with Gasteiger partial charge in [0.1, 0.15) is 24.0 Å². The summed E-state index contributed by atoms with van der Waals surface area (Å²) >= 11 is 0. The van der Waals surface area contributed by atoms with E-state index < -0.39 is 0 Å². The van der Waals surface area contributed by atoms with Gasteiger partial charge >= 0.3 is 0 Å². The van der Waals surface area contributed by atoms with Crippen molar-refractivity contribution >= 4 is 29.9 Å². The van der Waals surface area contributed by atoms with Gasteiger partial charge in [-0.25, -0.2) is 0 Å². The van der Waals surface area contributed by atoms with Crippen molar-refractivity contribution in [1.29, 1.82) is 0 Å². The normalized spacial score (nSPS) is 13.7. The average Bonchev–Trinajstić information content (AvgIpc) is 2.97. The standard InChI is InChI=1S/C22H34N6O2.HI/c1-17-8-9-18(19(15-17)30-14-13-29-3)16-25-22(23-2)24-11-10-21-27-26-20-7-5-4-6-12-28(20)21;/h8-9,15H,4-7,10-14,16H2,1-3H3,(H2,23,24,25);1H. The summed E-state index contributed by atoms with van der Waals surface area (Å²) in [5, 5.41) is 15.5. The van der Waals surface area contributed by atoms with Gasteiger partial charge in [-0.3, -0.25) is 4.99 Å². The van der Waals surface area contributed by atoms with Crippen molar-refractivity contribution in [2.24, 2.45) is 4.99 Å². The van der Waals surface area contributed by atoms with Crippen LogP contribution in [0, 0.1) is 6.92 Å². The molecule has 9 heteroatoms. The van der Waals surface area contributed by atoms with Crippen molar-refractivity contribution in [3.63, 3.8) is 0 Å². The zero-order valence-electron chi connectivity index (χ0n) is 18.8. The number of ether oxygens (including phenoxy) is 2. The molecule has 0 saturated heterocycles. The van der Waals surface area contributed by atoms with E-state index in [0.29, 0.717) is 19.8 Å². The molecule has 0 fully saturated rings. The molecule has 0 saturated carbocycles. The predicted octanol–water partition coefficient (Wildman–Crippen LogP) is 2.86. The van der Waals surface area contributed by atoms with E-state index >= 15 is 0 Å². The number of fused-ring (bicyclic) bond motifs is 1. The van der Waals surface area contributed by atoms with Gasteiger partial charge in [0, 0.05) is 52.2 Å². The molecule has 1 aliphatic heterocycles. The summed E-state index contributed by atoms with van der Waals surface area (Å²) in [6.07, 6.45) is 5.55. The molecule has 0 radical (unpaired) electrons. The number of benzene rings is 1. The first-order valence-electron chi connectivity index (χ1n) is 10.8. The van der Waals surface area contributed by atoms with Crippen LogP contribution in [0.2, 0.25) is 0 Å². The summed E-state index contributed by atoms with van der Waals surface area (Å²) in [4.78, 5) is 4.34. The fourth-order valence-corrected chi connectivity index (χ4v) is 3.60. The Labute approximate surface area is 202 Å². The lowest BCUT2D eigenvalue weighted by molar-refractivity contribution is 0.145. The Morgan fingerprint density at radius 3 is 2.84 bits per heavy atom. The molecule has 0 spiro atoms. The molecule has 172 valence electrons. The van der Waals surface area contributed by atoms with Gasteiger partial charge in [-0.05, 0) is 31.4 Å². The number of nitrogens with one attached hydrogen (secondary N) is 2. The van der Waals surface area contributed by atoms with E-state index in [1.165, 1.54) is 24.8 Å². The van der Waals surface area contributed by atoms with Crippen LogP contribution in [0.4, 0.5) is 0 Å². The van der Waals surface area contributed by atoms with Gasteiger partial charge in [0.25, 0.3) is 0 Å². The molecule has 0 amide bonds. The third-order valence-corrected chi connectivity index (χ3v) is 5.26. The van der Waals surface area contributed by atoms with Crippen molar-refractivity contribution in [2.75, 3.05) is 33.9 Å². The van der Waals surface area contributed by atoms with E-state index in [1.807, 2.05) is 0 Å². The second-order valence-electron chi connectivity index (χ2n) is 7.55. The molecule has 8 nitrogen and oxygen atoms in total. The number of hydrogen-bond donors (Lipinski definition) is 2. The fraction of sp³-hybridized carbons (Fsp3) is 0.591. The number of guanidine groups is 1. The van der Waals surface area contributed by atoms with Crippen molar-refractivity contribution in [3.8, 4) is 5.75 Å². The quantitative estimate of drug-likeness (QED) is 0.220. The van der Waals surface area contributed by atoms with Crippen LogP contribution in [0.15, 0.2) is 23.2 Å². The van der Waals surface area contributed by atoms with Crippen LogP contribution in [-0.4, -0.2) is 54.6 Å². The molecule has 2 heterocycles. The van der Waals surface area contributed by atoms with Crippen LogP contribution in [-0.2, 0) is 30.7 Å². The highest BCUT2D eigenvalue weighted by atomic mass is 127. The Balaban J connectivity index is 0.00000341. The molecule has 0 bridgehead atoms. The summed E-state index contributed by atoms with van der Waals surface area (Å²) in [6, 6.07) is 6.23. The summed E-state index contributed by atoms with van der Waals surface area (Å²) in [7, 11) is 3.46. The van der Waals surface area contributed by atoms with E-state index in [9.17, 15) is 0 Å². The van der Waals surface area contributed by atoms with Gasteiger partial charge in [-0.15, -0.1) is 34.2 Å². The average molecular weight is 542 g/mol. The Bertz CT molecular complexity index is 839. The molecule has 1 aromatic carbocycles. The third-order valence-electron chi connectivity index (χ3n) is 5.26. The maximum absolute atomic E-state index is 5.87. The molecule has 2 aromatic rings. The smallest absolute Gasteiger partial charge is 0.191 e. The van der Waals surface area contributed by atoms with E-state index in [-0.39, 0.29) is 24.0 Å². The number of aliphatic imine (C=N–C) groups is 1. The first-order chi connectivity index (χ1) is 14.7. The predicted molar refractivity (Wildman–Crippen MR) is 133 cm³/mol. The second kappa shape index (κ2) is 13.5. The molecule has 2 N–H and O–H groups in total. The van der Waals surface area contributed by atoms with Crippen LogP contribution >= 0.6 is 24.0 Å². The zero-order chi connectivity index (χ0) is 21.2. The monoisotopic (exact) mass is 542 g/mol. The Morgan fingerprint density at radius 1 is 1.16 bits per heavy atom. The second-order valence-corrected chi connectivity index (χ2v) is 7.55. The SMILES string of the molecule is CN=C(NCCc1nnc2n1CCCCC2)NCc1ccc(C)cc1OCCOC.I. The molecular weight excluding hydrogens is 507 g/mol. The molecule has 3 rings (SSSR count). The van der Waals surface area contributed by atoms with Crippen molar-refractivity contribution in [3.05, 3.63) is 41.0 Å². The Morgan fingerprint density at radius 2 is 2.03 bits per heavy atom. The van der Waals surface area contributed by atoms with E-state index in [4.69, 9.17) is 9.47 Å². The molecule has 1 aromatic heterocycles. The highest BCUT2D eigenvalue weighted by molar-refractivity contribution is 14.0. The number of halogens is 1. The van der Waals surface area contributed by atoms with Gasteiger partial charge in [0.05, 0.1) is 6.61 Å². The van der Waals surface area contributed by atoms with Crippen molar-refractivity contribution < 1.29 is 9.47 Å². The zero-order valence-corrected chi connectivity index (χ0v) is 21.1. The van der Waals surface area contributed by atoms with Gasteiger partial charge in [-0.2, -0.15) is 0 Å². The lowest BCUT2D eigenvalue weighted by atomic mass is 10.1. The van der Waals surface area contributed by atoms with Crippen LogP contribution < -0.4 is 15.4 Å². The van der Waals surface area contributed by atoms with Gasteiger partial charge in [0.2, 0.25) is 0 Å². The number of aromatic nitrogens is 3. The van der Waals surface area contributed by atoms with Crippen molar-refractivity contribution in [1.82, 2.24) is 25.4 Å². The third kappa shape index (κ3) is 7.64. The molecule has 1 aliphatic rings. The summed E-state index contributed by atoms with van der Waals surface area (Å²) in [6.45, 7) is 5.57. The highest BCUT2D eigenvalue weighted by Crippen LogP contribution is 2.20. The maximum atomic E-state index is 5.87. The molecular formula is C22H35IN6O2. The first-order valence-corrected chi connectivity index (χ1v) is 10.8.